The Morgan fingerprint density at radius 2 is 1.84 bits per heavy atom. The second-order valence-corrected chi connectivity index (χ2v) is 8.56. The topological polar surface area (TPSA) is 135 Å². The van der Waals surface area contributed by atoms with Gasteiger partial charge in [-0.25, -0.2) is 14.4 Å². The van der Waals surface area contributed by atoms with E-state index in [-0.39, 0.29) is 51.7 Å². The largest absolute Gasteiger partial charge is 0.486 e. The van der Waals surface area contributed by atoms with Crippen molar-refractivity contribution in [2.45, 2.75) is 13.2 Å². The maximum absolute atomic E-state index is 12.8. The second kappa shape index (κ2) is 10.8. The number of halogens is 2. The van der Waals surface area contributed by atoms with E-state index in [1.165, 1.54) is 49.6 Å². The first-order valence-electron chi connectivity index (χ1n) is 10.6. The van der Waals surface area contributed by atoms with Gasteiger partial charge in [0.25, 0.3) is 5.91 Å². The lowest BCUT2D eigenvalue weighted by Gasteiger charge is -2.11. The third kappa shape index (κ3) is 5.76. The number of amides is 3. The van der Waals surface area contributed by atoms with Crippen LogP contribution in [0.15, 0.2) is 58.6 Å². The molecule has 1 aliphatic heterocycles. The number of benzene rings is 2. The van der Waals surface area contributed by atoms with Crippen molar-refractivity contribution < 1.29 is 38.2 Å². The lowest BCUT2D eigenvalue weighted by atomic mass is 10.1. The van der Waals surface area contributed by atoms with Crippen LogP contribution in [0.4, 0.5) is 4.79 Å². The van der Waals surface area contributed by atoms with Crippen molar-refractivity contribution in [1.29, 1.82) is 0 Å². The molecular formula is C25H18Cl2N2O8. The molecule has 1 fully saturated rings. The monoisotopic (exact) mass is 544 g/mol. The number of carbonyl (C=O) groups excluding carboxylic acids is 3. The number of hydrogen-bond donors (Lipinski definition) is 2. The van der Waals surface area contributed by atoms with E-state index in [1.54, 1.807) is 12.1 Å². The molecule has 2 heterocycles. The van der Waals surface area contributed by atoms with Gasteiger partial charge in [0.05, 0.1) is 29.3 Å². The summed E-state index contributed by atoms with van der Waals surface area (Å²) < 4.78 is 15.6. The average molecular weight is 545 g/mol. The van der Waals surface area contributed by atoms with E-state index in [4.69, 9.17) is 37.5 Å². The predicted octanol–water partition coefficient (Wildman–Crippen LogP) is 4.74. The molecule has 0 aliphatic carbocycles. The lowest BCUT2D eigenvalue weighted by molar-refractivity contribution is -0.123. The Bertz CT molecular complexity index is 1420. The highest BCUT2D eigenvalue weighted by atomic mass is 35.5. The van der Waals surface area contributed by atoms with Crippen LogP contribution in [0.3, 0.4) is 0 Å². The van der Waals surface area contributed by atoms with Gasteiger partial charge in [0.2, 0.25) is 5.76 Å². The van der Waals surface area contributed by atoms with E-state index in [0.29, 0.717) is 11.1 Å². The summed E-state index contributed by atoms with van der Waals surface area (Å²) >= 11 is 12.7. The van der Waals surface area contributed by atoms with Crippen LogP contribution in [0.1, 0.15) is 37.8 Å². The third-order valence-electron chi connectivity index (χ3n) is 5.21. The van der Waals surface area contributed by atoms with Gasteiger partial charge in [0.15, 0.2) is 5.75 Å². The van der Waals surface area contributed by atoms with Crippen molar-refractivity contribution in [1.82, 2.24) is 10.2 Å². The van der Waals surface area contributed by atoms with Crippen molar-refractivity contribution >= 4 is 53.2 Å². The molecule has 37 heavy (non-hydrogen) atoms. The fraction of sp³-hybridized carbons (Fsp3) is 0.120. The van der Waals surface area contributed by atoms with Crippen LogP contribution in [-0.2, 0) is 22.7 Å². The van der Waals surface area contributed by atoms with Gasteiger partial charge in [-0.1, -0.05) is 35.3 Å². The van der Waals surface area contributed by atoms with Crippen LogP contribution in [0, 0.1) is 0 Å². The maximum Gasteiger partial charge on any atom is 0.373 e. The molecule has 1 aliphatic rings. The fourth-order valence-electron chi connectivity index (χ4n) is 3.46. The standard InChI is InChI=1S/C25H18Cl2N2O8/c1-35-24(33)20-6-5-16(37-20)11-29-22(30)19(28-25(29)34)10-14-8-17(26)21(18(27)9-14)36-12-13-3-2-4-15(7-13)23(31)32/h2-10H,11-12H2,1H3,(H,28,34)(H,31,32)/b19-10-. The Labute approximate surface area is 220 Å². The number of furan rings is 1. The van der Waals surface area contributed by atoms with E-state index in [2.05, 4.69) is 10.1 Å². The minimum atomic E-state index is -1.06. The SMILES string of the molecule is COC(=O)c1ccc(CN2C(=O)N/C(=C\c3cc(Cl)c(OCc4cccc(C(=O)O)c4)c(Cl)c3)C2=O)o1. The number of rotatable bonds is 8. The number of nitrogens with zero attached hydrogens (tertiary/aromatic N) is 1. The number of esters is 1. The third-order valence-corrected chi connectivity index (χ3v) is 5.77. The molecule has 0 bridgehead atoms. The van der Waals surface area contributed by atoms with E-state index < -0.39 is 23.9 Å². The van der Waals surface area contributed by atoms with Crippen LogP contribution in [0.5, 0.6) is 5.75 Å². The van der Waals surface area contributed by atoms with Crippen molar-refractivity contribution in [2.75, 3.05) is 7.11 Å². The van der Waals surface area contributed by atoms with Crippen molar-refractivity contribution in [3.8, 4) is 5.75 Å². The second-order valence-electron chi connectivity index (χ2n) is 7.74. The first-order chi connectivity index (χ1) is 17.7. The van der Waals surface area contributed by atoms with Gasteiger partial charge >= 0.3 is 18.0 Å². The van der Waals surface area contributed by atoms with Gasteiger partial charge in [-0.2, -0.15) is 0 Å². The van der Waals surface area contributed by atoms with Crippen LogP contribution in [0.2, 0.25) is 10.0 Å². The van der Waals surface area contributed by atoms with E-state index >= 15 is 0 Å². The quantitative estimate of drug-likeness (QED) is 0.235. The molecule has 0 atom stereocenters. The van der Waals surface area contributed by atoms with E-state index in [1.807, 2.05) is 0 Å². The summed E-state index contributed by atoms with van der Waals surface area (Å²) in [4.78, 5) is 48.8. The van der Waals surface area contributed by atoms with Crippen LogP contribution in [0.25, 0.3) is 6.08 Å². The molecule has 3 aromatic rings. The summed E-state index contributed by atoms with van der Waals surface area (Å²) in [5.74, 6) is -2.02. The van der Waals surface area contributed by atoms with Crippen molar-refractivity contribution in [3.05, 3.63) is 92.5 Å². The number of carboxylic acids is 1. The number of ether oxygens (including phenoxy) is 2. The molecule has 0 unspecified atom stereocenters. The fourth-order valence-corrected chi connectivity index (χ4v) is 4.07. The maximum atomic E-state index is 12.8. The number of carbonyl (C=O) groups is 4. The minimum absolute atomic E-state index is 0.0176. The number of nitrogens with one attached hydrogen (secondary N) is 1. The number of imide groups is 1. The summed E-state index contributed by atoms with van der Waals surface area (Å²) in [5.41, 5.74) is 1.13. The van der Waals surface area contributed by atoms with Gasteiger partial charge in [-0.05, 0) is 53.6 Å². The molecule has 3 amide bonds. The first-order valence-corrected chi connectivity index (χ1v) is 11.4. The summed E-state index contributed by atoms with van der Waals surface area (Å²) in [6.45, 7) is -0.175. The first kappa shape index (κ1) is 25.8. The summed E-state index contributed by atoms with van der Waals surface area (Å²) in [6.07, 6.45) is 1.40. The van der Waals surface area contributed by atoms with Gasteiger partial charge < -0.3 is 24.3 Å². The molecule has 2 N–H and O–H groups in total. The minimum Gasteiger partial charge on any atom is -0.486 e. The van der Waals surface area contributed by atoms with Crippen LogP contribution < -0.4 is 10.1 Å². The van der Waals surface area contributed by atoms with Crippen LogP contribution in [-0.4, -0.2) is 41.0 Å². The lowest BCUT2D eigenvalue weighted by Crippen LogP contribution is -2.30. The smallest absolute Gasteiger partial charge is 0.373 e. The predicted molar refractivity (Wildman–Crippen MR) is 131 cm³/mol. The molecule has 0 radical (unpaired) electrons. The zero-order valence-corrected chi connectivity index (χ0v) is 20.6. The zero-order chi connectivity index (χ0) is 26.7. The number of hydrogen-bond acceptors (Lipinski definition) is 7. The van der Waals surface area contributed by atoms with Gasteiger partial charge in [-0.15, -0.1) is 0 Å². The average Bonchev–Trinajstić information content (AvgIpc) is 3.43. The molecule has 0 spiro atoms. The molecule has 190 valence electrons. The Hall–Kier alpha value is -4.28. The number of aromatic carboxylic acids is 1. The van der Waals surface area contributed by atoms with Crippen LogP contribution >= 0.6 is 23.2 Å². The van der Waals surface area contributed by atoms with Gasteiger partial charge in [0, 0.05) is 0 Å². The molecule has 0 saturated carbocycles. The molecule has 2 aromatic carbocycles. The highest BCUT2D eigenvalue weighted by Crippen LogP contribution is 2.35. The Morgan fingerprint density at radius 1 is 1.11 bits per heavy atom. The number of urea groups is 1. The highest BCUT2D eigenvalue weighted by Gasteiger charge is 2.34. The van der Waals surface area contributed by atoms with Gasteiger partial charge in [-0.3, -0.25) is 9.69 Å². The highest BCUT2D eigenvalue weighted by molar-refractivity contribution is 6.37. The summed E-state index contributed by atoms with van der Waals surface area (Å²) in [7, 11) is 1.20. The molecule has 12 heteroatoms. The molecule has 10 nitrogen and oxygen atoms in total. The van der Waals surface area contributed by atoms with E-state index in [0.717, 1.165) is 4.90 Å². The Kier molecular flexibility index (Phi) is 7.51. The van der Waals surface area contributed by atoms with Crippen molar-refractivity contribution in [2.24, 2.45) is 0 Å². The number of methoxy groups -OCH3 is 1. The molecular weight excluding hydrogens is 527 g/mol. The summed E-state index contributed by atoms with van der Waals surface area (Å²) in [6, 6.07) is 11.4. The number of carboxylic acid groups (broad SMARTS) is 1. The summed E-state index contributed by atoms with van der Waals surface area (Å²) in [5, 5.41) is 11.9. The molecule has 1 aromatic heterocycles. The normalized spacial score (nSPS) is 14.1. The van der Waals surface area contributed by atoms with Gasteiger partial charge in [0.1, 0.15) is 18.1 Å². The van der Waals surface area contributed by atoms with E-state index in [9.17, 15) is 19.2 Å². The Balaban J connectivity index is 1.47. The molecule has 4 rings (SSSR count). The zero-order valence-electron chi connectivity index (χ0n) is 19.1. The molecule has 1 saturated heterocycles. The Morgan fingerprint density at radius 3 is 2.51 bits per heavy atom. The van der Waals surface area contributed by atoms with Crippen molar-refractivity contribution in [3.63, 3.8) is 0 Å².